The van der Waals surface area contributed by atoms with E-state index in [-0.39, 0.29) is 12.2 Å². The molecule has 0 unspecified atom stereocenters. The maximum Gasteiger partial charge on any atom is 0.341 e. The van der Waals surface area contributed by atoms with Crippen molar-refractivity contribution in [1.82, 2.24) is 4.98 Å². The van der Waals surface area contributed by atoms with E-state index in [0.717, 1.165) is 0 Å². The van der Waals surface area contributed by atoms with Gasteiger partial charge in [0, 0.05) is 11.6 Å². The fourth-order valence-corrected chi connectivity index (χ4v) is 2.82. The number of carbonyl (C=O) groups excluding carboxylic acids is 2. The SMILES string of the molecule is CCOC(=O)c1cnc2ccc(C(=O)OC)cc2c1Nc1ccccc1Cl. The summed E-state index contributed by atoms with van der Waals surface area (Å²) in [4.78, 5) is 28.7. The van der Waals surface area contributed by atoms with Crippen LogP contribution in [-0.2, 0) is 9.47 Å². The normalized spacial score (nSPS) is 10.5. The molecule has 3 rings (SSSR count). The molecule has 7 heteroatoms. The number of esters is 2. The Labute approximate surface area is 161 Å². The van der Waals surface area contributed by atoms with Gasteiger partial charge in [0.15, 0.2) is 0 Å². The lowest BCUT2D eigenvalue weighted by Gasteiger charge is -2.15. The number of hydrogen-bond donors (Lipinski definition) is 1. The van der Waals surface area contributed by atoms with Crippen LogP contribution in [0, 0.1) is 0 Å². The number of aromatic nitrogens is 1. The topological polar surface area (TPSA) is 77.5 Å². The summed E-state index contributed by atoms with van der Waals surface area (Å²) in [6.07, 6.45) is 1.44. The van der Waals surface area contributed by atoms with Crippen LogP contribution in [0.3, 0.4) is 0 Å². The molecule has 27 heavy (non-hydrogen) atoms. The highest BCUT2D eigenvalue weighted by Gasteiger charge is 2.19. The number of carbonyl (C=O) groups is 2. The van der Waals surface area contributed by atoms with Crippen molar-refractivity contribution in [3.63, 3.8) is 0 Å². The Kier molecular flexibility index (Phi) is 5.57. The van der Waals surface area contributed by atoms with Crippen LogP contribution in [0.25, 0.3) is 10.9 Å². The van der Waals surface area contributed by atoms with Crippen LogP contribution < -0.4 is 5.32 Å². The number of nitrogens with one attached hydrogen (secondary N) is 1. The van der Waals surface area contributed by atoms with E-state index in [1.807, 2.05) is 6.07 Å². The summed E-state index contributed by atoms with van der Waals surface area (Å²) in [5, 5.41) is 4.24. The van der Waals surface area contributed by atoms with E-state index in [1.54, 1.807) is 43.3 Å². The average molecular weight is 385 g/mol. The number of methoxy groups -OCH3 is 1. The van der Waals surface area contributed by atoms with Crippen molar-refractivity contribution in [3.05, 3.63) is 64.8 Å². The van der Waals surface area contributed by atoms with Gasteiger partial charge >= 0.3 is 11.9 Å². The zero-order chi connectivity index (χ0) is 19.4. The van der Waals surface area contributed by atoms with Crippen molar-refractivity contribution in [3.8, 4) is 0 Å². The molecule has 2 aromatic carbocycles. The van der Waals surface area contributed by atoms with Crippen LogP contribution >= 0.6 is 11.6 Å². The molecule has 1 N–H and O–H groups in total. The zero-order valence-electron chi connectivity index (χ0n) is 14.8. The third kappa shape index (κ3) is 3.85. The molecule has 1 heterocycles. The summed E-state index contributed by atoms with van der Waals surface area (Å²) in [5.74, 6) is -1.01. The van der Waals surface area contributed by atoms with Crippen LogP contribution in [-0.4, -0.2) is 30.6 Å². The molecular formula is C20H17ClN2O4. The summed E-state index contributed by atoms with van der Waals surface area (Å²) >= 11 is 6.25. The molecule has 0 spiro atoms. The molecule has 138 valence electrons. The second kappa shape index (κ2) is 8.05. The number of halogens is 1. The van der Waals surface area contributed by atoms with Gasteiger partial charge in [-0.15, -0.1) is 0 Å². The van der Waals surface area contributed by atoms with Crippen LogP contribution in [0.15, 0.2) is 48.7 Å². The quantitative estimate of drug-likeness (QED) is 0.648. The molecule has 0 aliphatic carbocycles. The lowest BCUT2D eigenvalue weighted by atomic mass is 10.1. The van der Waals surface area contributed by atoms with Gasteiger partial charge in [-0.05, 0) is 37.3 Å². The molecular weight excluding hydrogens is 368 g/mol. The summed E-state index contributed by atoms with van der Waals surface area (Å²) in [6.45, 7) is 1.95. The largest absolute Gasteiger partial charge is 0.465 e. The van der Waals surface area contributed by atoms with Gasteiger partial charge in [-0.1, -0.05) is 23.7 Å². The van der Waals surface area contributed by atoms with Crippen molar-refractivity contribution >= 4 is 45.8 Å². The van der Waals surface area contributed by atoms with Crippen molar-refractivity contribution in [2.75, 3.05) is 19.0 Å². The molecule has 0 saturated heterocycles. The number of benzene rings is 2. The van der Waals surface area contributed by atoms with Gasteiger partial charge in [-0.3, -0.25) is 4.98 Å². The molecule has 3 aromatic rings. The molecule has 0 aliphatic heterocycles. The predicted octanol–water partition coefficient (Wildman–Crippen LogP) is 4.60. The Morgan fingerprint density at radius 2 is 1.93 bits per heavy atom. The lowest BCUT2D eigenvalue weighted by Crippen LogP contribution is -2.10. The number of fused-ring (bicyclic) bond motifs is 1. The molecule has 0 saturated carbocycles. The number of pyridine rings is 1. The van der Waals surface area contributed by atoms with E-state index in [0.29, 0.717) is 32.9 Å². The highest BCUT2D eigenvalue weighted by Crippen LogP contribution is 2.33. The third-order valence-electron chi connectivity index (χ3n) is 3.92. The molecule has 6 nitrogen and oxygen atoms in total. The second-order valence-corrected chi connectivity index (χ2v) is 6.00. The van der Waals surface area contributed by atoms with E-state index in [1.165, 1.54) is 13.3 Å². The van der Waals surface area contributed by atoms with Crippen LogP contribution in [0.5, 0.6) is 0 Å². The minimum Gasteiger partial charge on any atom is -0.465 e. The van der Waals surface area contributed by atoms with Crippen LogP contribution in [0.1, 0.15) is 27.6 Å². The highest BCUT2D eigenvalue weighted by atomic mass is 35.5. The highest BCUT2D eigenvalue weighted by molar-refractivity contribution is 6.33. The monoisotopic (exact) mass is 384 g/mol. The summed E-state index contributed by atoms with van der Waals surface area (Å²) in [7, 11) is 1.31. The molecule has 0 amide bonds. The maximum atomic E-state index is 12.4. The van der Waals surface area contributed by atoms with Crippen molar-refractivity contribution in [1.29, 1.82) is 0 Å². The Morgan fingerprint density at radius 3 is 2.63 bits per heavy atom. The van der Waals surface area contributed by atoms with E-state index in [2.05, 4.69) is 10.3 Å². The Morgan fingerprint density at radius 1 is 1.15 bits per heavy atom. The van der Waals surface area contributed by atoms with Crippen LogP contribution in [0.2, 0.25) is 5.02 Å². The smallest absolute Gasteiger partial charge is 0.341 e. The predicted molar refractivity (Wildman–Crippen MR) is 104 cm³/mol. The minimum atomic E-state index is -0.523. The van der Waals surface area contributed by atoms with E-state index in [9.17, 15) is 9.59 Å². The number of rotatable bonds is 5. The molecule has 0 radical (unpaired) electrons. The second-order valence-electron chi connectivity index (χ2n) is 5.60. The lowest BCUT2D eigenvalue weighted by molar-refractivity contribution is 0.0526. The van der Waals surface area contributed by atoms with Crippen molar-refractivity contribution in [2.45, 2.75) is 6.92 Å². The van der Waals surface area contributed by atoms with E-state index < -0.39 is 11.9 Å². The Balaban J connectivity index is 2.22. The molecule has 0 aliphatic rings. The van der Waals surface area contributed by atoms with Gasteiger partial charge in [0.05, 0.1) is 41.2 Å². The summed E-state index contributed by atoms with van der Waals surface area (Å²) in [6, 6.07) is 12.1. The molecule has 1 aromatic heterocycles. The van der Waals surface area contributed by atoms with Gasteiger partial charge < -0.3 is 14.8 Å². The maximum absolute atomic E-state index is 12.4. The molecule has 0 atom stereocenters. The number of hydrogen-bond acceptors (Lipinski definition) is 6. The molecule has 0 fully saturated rings. The van der Waals surface area contributed by atoms with E-state index in [4.69, 9.17) is 21.1 Å². The fraction of sp³-hybridized carbons (Fsp3) is 0.150. The first-order valence-electron chi connectivity index (χ1n) is 8.25. The number of nitrogens with zero attached hydrogens (tertiary/aromatic N) is 1. The van der Waals surface area contributed by atoms with E-state index >= 15 is 0 Å². The number of anilines is 2. The molecule has 0 bridgehead atoms. The third-order valence-corrected chi connectivity index (χ3v) is 4.25. The number of ether oxygens (including phenoxy) is 2. The van der Waals surface area contributed by atoms with Crippen LogP contribution in [0.4, 0.5) is 11.4 Å². The number of para-hydroxylation sites is 1. The Bertz CT molecular complexity index is 1020. The fourth-order valence-electron chi connectivity index (χ4n) is 2.63. The Hall–Kier alpha value is -3.12. The first kappa shape index (κ1) is 18.7. The van der Waals surface area contributed by atoms with Crippen molar-refractivity contribution < 1.29 is 19.1 Å². The summed E-state index contributed by atoms with van der Waals surface area (Å²) in [5.41, 5.74) is 2.25. The van der Waals surface area contributed by atoms with Gasteiger partial charge in [0.2, 0.25) is 0 Å². The zero-order valence-corrected chi connectivity index (χ0v) is 15.5. The van der Waals surface area contributed by atoms with Gasteiger partial charge in [0.25, 0.3) is 0 Å². The minimum absolute atomic E-state index is 0.227. The first-order valence-corrected chi connectivity index (χ1v) is 8.62. The van der Waals surface area contributed by atoms with Crippen molar-refractivity contribution in [2.24, 2.45) is 0 Å². The first-order chi connectivity index (χ1) is 13.0. The van der Waals surface area contributed by atoms with Gasteiger partial charge in [-0.2, -0.15) is 0 Å². The standard InChI is InChI=1S/C20H17ClN2O4/c1-3-27-20(25)14-11-22-16-9-8-12(19(24)26-2)10-13(16)18(14)23-17-7-5-4-6-15(17)21/h4-11H,3H2,1-2H3,(H,22,23). The average Bonchev–Trinajstić information content (AvgIpc) is 2.69. The van der Waals surface area contributed by atoms with Gasteiger partial charge in [-0.25, -0.2) is 9.59 Å². The van der Waals surface area contributed by atoms with Gasteiger partial charge in [0.1, 0.15) is 5.56 Å². The summed E-state index contributed by atoms with van der Waals surface area (Å²) < 4.78 is 9.93.